The molecule has 0 fully saturated rings. The predicted molar refractivity (Wildman–Crippen MR) is 78.3 cm³/mol. The zero-order chi connectivity index (χ0) is 13.0. The molecule has 96 valence electrons. The third-order valence-electron chi connectivity index (χ3n) is 2.60. The van der Waals surface area contributed by atoms with E-state index < -0.39 is 0 Å². The van der Waals surface area contributed by atoms with Crippen molar-refractivity contribution in [3.8, 4) is 0 Å². The van der Waals surface area contributed by atoms with Crippen LogP contribution in [0.25, 0.3) is 0 Å². The molecule has 0 aliphatic carbocycles. The number of hydrogen-bond acceptors (Lipinski definition) is 4. The first kappa shape index (κ1) is 13.3. The maximum absolute atomic E-state index is 6.16. The molecule has 0 unspecified atom stereocenters. The Morgan fingerprint density at radius 2 is 2.17 bits per heavy atom. The molecule has 0 atom stereocenters. The van der Waals surface area contributed by atoms with Gasteiger partial charge in [-0.3, -0.25) is 4.90 Å². The Morgan fingerprint density at radius 1 is 1.33 bits per heavy atom. The van der Waals surface area contributed by atoms with Gasteiger partial charge in [0, 0.05) is 25.0 Å². The molecule has 0 saturated carbocycles. The molecule has 3 nitrogen and oxygen atoms in total. The highest BCUT2D eigenvalue weighted by Crippen LogP contribution is 2.19. The van der Waals surface area contributed by atoms with E-state index >= 15 is 0 Å². The molecule has 0 radical (unpaired) electrons. The van der Waals surface area contributed by atoms with Crippen LogP contribution in [0.1, 0.15) is 10.6 Å². The van der Waals surface area contributed by atoms with Crippen LogP contribution in [-0.2, 0) is 13.1 Å². The minimum Gasteiger partial charge on any atom is -0.373 e. The highest BCUT2D eigenvalue weighted by Gasteiger charge is 2.08. The van der Waals surface area contributed by atoms with Crippen molar-refractivity contribution in [1.29, 1.82) is 0 Å². The minimum absolute atomic E-state index is 0.715. The van der Waals surface area contributed by atoms with Crippen molar-refractivity contribution in [3.63, 3.8) is 0 Å². The first-order valence-corrected chi connectivity index (χ1v) is 6.99. The van der Waals surface area contributed by atoms with Crippen LogP contribution in [0.2, 0.25) is 5.02 Å². The topological polar surface area (TPSA) is 28.2 Å². The Kier molecular flexibility index (Phi) is 4.58. The lowest BCUT2D eigenvalue weighted by molar-refractivity contribution is 0.318. The van der Waals surface area contributed by atoms with Gasteiger partial charge in [0.2, 0.25) is 0 Å². The second-order valence-corrected chi connectivity index (χ2v) is 5.57. The molecule has 0 spiro atoms. The van der Waals surface area contributed by atoms with E-state index in [1.165, 1.54) is 4.88 Å². The summed E-state index contributed by atoms with van der Waals surface area (Å²) in [6, 6.07) is 7.97. The molecule has 0 aliphatic rings. The standard InChI is InChI=1S/C13H16ClN3S/c1-15-13-6-5-11(14)12(16-13)9-17(2)8-10-4-3-7-18-10/h3-7H,8-9H2,1-2H3,(H,15,16). The smallest absolute Gasteiger partial charge is 0.126 e. The Labute approximate surface area is 116 Å². The molecule has 0 aromatic carbocycles. The summed E-state index contributed by atoms with van der Waals surface area (Å²) in [7, 11) is 3.93. The van der Waals surface area contributed by atoms with Crippen LogP contribution < -0.4 is 5.32 Å². The van der Waals surface area contributed by atoms with Crippen LogP contribution in [0.15, 0.2) is 29.6 Å². The molecule has 0 saturated heterocycles. The summed E-state index contributed by atoms with van der Waals surface area (Å²) in [6.07, 6.45) is 0. The van der Waals surface area contributed by atoms with E-state index in [1.807, 2.05) is 19.2 Å². The van der Waals surface area contributed by atoms with Gasteiger partial charge in [-0.25, -0.2) is 4.98 Å². The van der Waals surface area contributed by atoms with E-state index in [1.54, 1.807) is 11.3 Å². The SMILES string of the molecule is CNc1ccc(Cl)c(CN(C)Cc2cccs2)n1. The van der Waals surface area contributed by atoms with Gasteiger partial charge >= 0.3 is 0 Å². The fourth-order valence-electron chi connectivity index (χ4n) is 1.71. The van der Waals surface area contributed by atoms with Crippen molar-refractivity contribution in [2.45, 2.75) is 13.1 Å². The summed E-state index contributed by atoms with van der Waals surface area (Å²) in [6.45, 7) is 1.66. The van der Waals surface area contributed by atoms with Gasteiger partial charge in [-0.05, 0) is 30.6 Å². The van der Waals surface area contributed by atoms with Crippen LogP contribution >= 0.6 is 22.9 Å². The van der Waals surface area contributed by atoms with E-state index in [-0.39, 0.29) is 0 Å². The van der Waals surface area contributed by atoms with E-state index in [0.29, 0.717) is 5.02 Å². The maximum atomic E-state index is 6.16. The number of halogens is 1. The third-order valence-corrected chi connectivity index (χ3v) is 3.81. The number of pyridine rings is 1. The molecule has 2 heterocycles. The third kappa shape index (κ3) is 3.45. The van der Waals surface area contributed by atoms with Gasteiger partial charge < -0.3 is 5.32 Å². The minimum atomic E-state index is 0.715. The van der Waals surface area contributed by atoms with Crippen molar-refractivity contribution in [2.75, 3.05) is 19.4 Å². The number of nitrogens with zero attached hydrogens (tertiary/aromatic N) is 2. The summed E-state index contributed by atoms with van der Waals surface area (Å²) in [5.41, 5.74) is 0.905. The van der Waals surface area contributed by atoms with E-state index in [2.05, 4.69) is 39.8 Å². The predicted octanol–water partition coefficient (Wildman–Crippen LogP) is 3.47. The van der Waals surface area contributed by atoms with Gasteiger partial charge in [-0.1, -0.05) is 17.7 Å². The number of aromatic nitrogens is 1. The summed E-state index contributed by atoms with van der Waals surface area (Å²) >= 11 is 7.93. The number of anilines is 1. The average Bonchev–Trinajstić information content (AvgIpc) is 2.84. The lowest BCUT2D eigenvalue weighted by Gasteiger charge is -2.16. The first-order chi connectivity index (χ1) is 8.69. The van der Waals surface area contributed by atoms with Crippen LogP contribution in [0.5, 0.6) is 0 Å². The molecule has 1 N–H and O–H groups in total. The number of rotatable bonds is 5. The zero-order valence-electron chi connectivity index (χ0n) is 10.5. The Morgan fingerprint density at radius 3 is 2.83 bits per heavy atom. The van der Waals surface area contributed by atoms with Gasteiger partial charge in [0.1, 0.15) is 5.82 Å². The summed E-state index contributed by atoms with van der Waals surface area (Å²) in [5, 5.41) is 5.84. The van der Waals surface area contributed by atoms with Gasteiger partial charge in [0.05, 0.1) is 10.7 Å². The molecule has 0 aliphatic heterocycles. The number of nitrogens with one attached hydrogen (secondary N) is 1. The summed E-state index contributed by atoms with van der Waals surface area (Å²) < 4.78 is 0. The normalized spacial score (nSPS) is 10.9. The van der Waals surface area contributed by atoms with Gasteiger partial charge in [0.15, 0.2) is 0 Å². The lowest BCUT2D eigenvalue weighted by atomic mass is 10.3. The Hall–Kier alpha value is -1.10. The summed E-state index contributed by atoms with van der Waals surface area (Å²) in [4.78, 5) is 8.03. The van der Waals surface area contributed by atoms with Crippen molar-refractivity contribution < 1.29 is 0 Å². The van der Waals surface area contributed by atoms with E-state index in [0.717, 1.165) is 24.6 Å². The Bertz CT molecular complexity index is 499. The van der Waals surface area contributed by atoms with Crippen LogP contribution in [0.4, 0.5) is 5.82 Å². The molecule has 0 amide bonds. The van der Waals surface area contributed by atoms with Gasteiger partial charge in [0.25, 0.3) is 0 Å². The molecule has 5 heteroatoms. The van der Waals surface area contributed by atoms with E-state index in [4.69, 9.17) is 11.6 Å². The Balaban J connectivity index is 2.04. The molecule has 2 aromatic rings. The quantitative estimate of drug-likeness (QED) is 0.910. The highest BCUT2D eigenvalue weighted by atomic mass is 35.5. The molecular formula is C13H16ClN3S. The largest absolute Gasteiger partial charge is 0.373 e. The molecule has 2 aromatic heterocycles. The molecule has 18 heavy (non-hydrogen) atoms. The van der Waals surface area contributed by atoms with Crippen LogP contribution in [0.3, 0.4) is 0 Å². The van der Waals surface area contributed by atoms with Crippen molar-refractivity contribution in [1.82, 2.24) is 9.88 Å². The fraction of sp³-hybridized carbons (Fsp3) is 0.308. The molecule has 2 rings (SSSR count). The second-order valence-electron chi connectivity index (χ2n) is 4.13. The fourth-order valence-corrected chi connectivity index (χ4v) is 2.66. The number of hydrogen-bond donors (Lipinski definition) is 1. The van der Waals surface area contributed by atoms with Gasteiger partial charge in [-0.2, -0.15) is 0 Å². The monoisotopic (exact) mass is 281 g/mol. The van der Waals surface area contributed by atoms with Crippen molar-refractivity contribution in [3.05, 3.63) is 45.2 Å². The lowest BCUT2D eigenvalue weighted by Crippen LogP contribution is -2.18. The van der Waals surface area contributed by atoms with Crippen LogP contribution in [0, 0.1) is 0 Å². The average molecular weight is 282 g/mol. The number of thiophene rings is 1. The highest BCUT2D eigenvalue weighted by molar-refractivity contribution is 7.09. The maximum Gasteiger partial charge on any atom is 0.126 e. The van der Waals surface area contributed by atoms with Crippen molar-refractivity contribution >= 4 is 28.8 Å². The van der Waals surface area contributed by atoms with E-state index in [9.17, 15) is 0 Å². The summed E-state index contributed by atoms with van der Waals surface area (Å²) in [5.74, 6) is 0.846. The zero-order valence-corrected chi connectivity index (χ0v) is 12.1. The van der Waals surface area contributed by atoms with Crippen molar-refractivity contribution in [2.24, 2.45) is 0 Å². The molecule has 0 bridgehead atoms. The van der Waals surface area contributed by atoms with Gasteiger partial charge in [-0.15, -0.1) is 11.3 Å². The first-order valence-electron chi connectivity index (χ1n) is 5.73. The second kappa shape index (κ2) is 6.18. The van der Waals surface area contributed by atoms with Crippen LogP contribution in [-0.4, -0.2) is 24.0 Å². The molecular weight excluding hydrogens is 266 g/mol.